The first-order chi connectivity index (χ1) is 27.0. The number of benzene rings is 3. The summed E-state index contributed by atoms with van der Waals surface area (Å²) >= 11 is 0. The first kappa shape index (κ1) is 47.5. The first-order valence-electron chi connectivity index (χ1n) is 21.2. The van der Waals surface area contributed by atoms with Crippen LogP contribution in [0.2, 0.25) is 0 Å². The van der Waals surface area contributed by atoms with Gasteiger partial charge in [0.15, 0.2) is 0 Å². The third kappa shape index (κ3) is 11.9. The molecule has 322 valence electrons. The summed E-state index contributed by atoms with van der Waals surface area (Å²) in [5, 5.41) is 1.35. The van der Waals surface area contributed by atoms with Gasteiger partial charge in [0.05, 0.1) is 16.7 Å². The summed E-state index contributed by atoms with van der Waals surface area (Å²) in [6.07, 6.45) is 7.18. The van der Waals surface area contributed by atoms with E-state index in [9.17, 15) is 39.5 Å². The number of aryl methyl sites for hydroxylation is 1. The predicted octanol–water partition coefficient (Wildman–Crippen LogP) is 15.2. The van der Waals surface area contributed by atoms with Crippen molar-refractivity contribution in [1.29, 1.82) is 0 Å². The second-order valence-corrected chi connectivity index (χ2v) is 22.3. The topological polar surface area (TPSA) is 0 Å². The summed E-state index contributed by atoms with van der Waals surface area (Å²) in [5.74, 6) is -0.131. The molecule has 4 saturated carbocycles. The molecule has 0 aliphatic heterocycles. The number of alkyl halides is 9. The number of hydrogen-bond donors (Lipinski definition) is 0. The molecule has 12 heteroatoms. The molecule has 0 aromatic heterocycles. The van der Waals surface area contributed by atoms with Crippen LogP contribution < -0.4 is 15.9 Å². The van der Waals surface area contributed by atoms with Crippen molar-refractivity contribution in [1.82, 2.24) is 0 Å². The van der Waals surface area contributed by atoms with Crippen LogP contribution in [0.1, 0.15) is 156 Å². The minimum atomic E-state index is -5.08. The summed E-state index contributed by atoms with van der Waals surface area (Å²) in [4.78, 5) is 0. The molecule has 0 saturated heterocycles. The molecule has 4 fully saturated rings. The van der Waals surface area contributed by atoms with Gasteiger partial charge in [-0.15, -0.1) is 0 Å². The summed E-state index contributed by atoms with van der Waals surface area (Å²) in [6.45, 7) is 3.34. The Hall–Kier alpha value is -1.59. The van der Waals surface area contributed by atoms with Crippen molar-refractivity contribution in [3.63, 3.8) is 0 Å². The zero-order valence-electron chi connectivity index (χ0n) is 33.5. The monoisotopic (exact) mass is 898 g/mol. The molecule has 4 aliphatic rings. The molecule has 7 rings (SSSR count). The van der Waals surface area contributed by atoms with Crippen molar-refractivity contribution in [2.24, 2.45) is 5.92 Å². The third-order valence-corrected chi connectivity index (χ3v) is 19.3. The van der Waals surface area contributed by atoms with Crippen molar-refractivity contribution >= 4 is 31.8 Å². The average molecular weight is 899 g/mol. The number of hydrogen-bond acceptors (Lipinski definition) is 0. The van der Waals surface area contributed by atoms with Crippen LogP contribution in [0.3, 0.4) is 0 Å². The van der Waals surface area contributed by atoms with Crippen LogP contribution in [0, 0.1) is 12.8 Å². The normalized spacial score (nSPS) is 22.3. The second-order valence-electron chi connectivity index (χ2n) is 16.9. The molecule has 0 heterocycles. The quantitative estimate of drug-likeness (QED) is 0.120. The molecule has 58 heavy (non-hydrogen) atoms. The largest absolute Gasteiger partial charge is 0.416 e. The smallest absolute Gasteiger partial charge is 0.166 e. The van der Waals surface area contributed by atoms with Gasteiger partial charge < -0.3 is 0 Å². The van der Waals surface area contributed by atoms with Gasteiger partial charge in [-0.05, 0) is 140 Å². The zero-order chi connectivity index (χ0) is 41.0. The number of halogens is 9. The molecular weight excluding hydrogens is 841 g/mol. The molecule has 0 nitrogen and oxygen atoms in total. The minimum absolute atomic E-state index is 0. The van der Waals surface area contributed by atoms with E-state index in [-0.39, 0.29) is 51.1 Å². The van der Waals surface area contributed by atoms with Gasteiger partial charge in [0.1, 0.15) is 0 Å². The van der Waals surface area contributed by atoms with E-state index in [4.69, 9.17) is 0 Å². The SMILES string of the molecule is C1CCCC1.Cc1cc([P@](c2cc(C(F)(F)F)cc(C(F)(F)F)c2)[C@H](C)C2CCCC2c2ccccc2P(C2CCCCC2)C2CCCCC2)cc(C(F)(F)F)c1.[Fe]. The molecule has 0 amide bonds. The first-order valence-corrected chi connectivity index (χ1v) is 24.1. The van der Waals surface area contributed by atoms with E-state index < -0.39 is 56.7 Å². The molecule has 4 aliphatic carbocycles. The van der Waals surface area contributed by atoms with Crippen molar-refractivity contribution in [3.8, 4) is 0 Å². The van der Waals surface area contributed by atoms with Crippen LogP contribution in [-0.4, -0.2) is 17.0 Å². The Labute approximate surface area is 352 Å². The summed E-state index contributed by atoms with van der Waals surface area (Å²) in [5.41, 5.74) is -1.59. The van der Waals surface area contributed by atoms with E-state index in [0.717, 1.165) is 37.1 Å². The zero-order valence-corrected chi connectivity index (χ0v) is 36.4. The molecule has 0 radical (unpaired) electrons. The van der Waals surface area contributed by atoms with Gasteiger partial charge in [-0.1, -0.05) is 122 Å². The van der Waals surface area contributed by atoms with Gasteiger partial charge in [-0.2, -0.15) is 39.5 Å². The molecule has 0 bridgehead atoms. The van der Waals surface area contributed by atoms with Crippen LogP contribution in [-0.2, 0) is 35.6 Å². The van der Waals surface area contributed by atoms with Gasteiger partial charge in [0, 0.05) is 17.1 Å². The van der Waals surface area contributed by atoms with E-state index in [0.29, 0.717) is 17.7 Å². The van der Waals surface area contributed by atoms with E-state index in [1.165, 1.54) is 120 Å². The van der Waals surface area contributed by atoms with Crippen LogP contribution in [0.25, 0.3) is 0 Å². The Morgan fingerprint density at radius 1 is 0.517 bits per heavy atom. The van der Waals surface area contributed by atoms with Crippen LogP contribution >= 0.6 is 15.8 Å². The average Bonchev–Trinajstić information content (AvgIpc) is 3.92. The maximum Gasteiger partial charge on any atom is 0.416 e. The molecule has 2 unspecified atom stereocenters. The predicted molar refractivity (Wildman–Crippen MR) is 218 cm³/mol. The second kappa shape index (κ2) is 20.5. The summed E-state index contributed by atoms with van der Waals surface area (Å²) < 4.78 is 128. The molecule has 3 aromatic carbocycles. The maximum atomic E-state index is 14.2. The minimum Gasteiger partial charge on any atom is -0.166 e. The Morgan fingerprint density at radius 2 is 0.948 bits per heavy atom. The molecular formula is C46H57F9FeP2. The van der Waals surface area contributed by atoms with Crippen LogP contribution in [0.5, 0.6) is 0 Å². The maximum absolute atomic E-state index is 14.2. The Bertz CT molecular complexity index is 1700. The fourth-order valence-electron chi connectivity index (χ4n) is 10.2. The Kier molecular flexibility index (Phi) is 16.8. The fraction of sp³-hybridized carbons (Fsp3) is 0.609. The molecule has 0 spiro atoms. The van der Waals surface area contributed by atoms with E-state index in [1.54, 1.807) is 0 Å². The number of rotatable bonds is 8. The molecule has 0 N–H and O–H groups in total. The van der Waals surface area contributed by atoms with Gasteiger partial charge in [-0.3, -0.25) is 0 Å². The van der Waals surface area contributed by atoms with E-state index in [2.05, 4.69) is 18.2 Å². The van der Waals surface area contributed by atoms with Gasteiger partial charge >= 0.3 is 18.5 Å². The van der Waals surface area contributed by atoms with Crippen LogP contribution in [0.15, 0.2) is 60.7 Å². The van der Waals surface area contributed by atoms with Gasteiger partial charge in [0.2, 0.25) is 0 Å². The van der Waals surface area contributed by atoms with Crippen molar-refractivity contribution in [3.05, 3.63) is 88.5 Å². The fourth-order valence-corrected chi connectivity index (χ4v) is 17.4. The Morgan fingerprint density at radius 3 is 1.43 bits per heavy atom. The van der Waals surface area contributed by atoms with E-state index >= 15 is 0 Å². The molecule has 3 aromatic rings. The summed E-state index contributed by atoms with van der Waals surface area (Å²) in [7, 11) is -2.59. The van der Waals surface area contributed by atoms with Crippen molar-refractivity contribution < 1.29 is 56.6 Å². The van der Waals surface area contributed by atoms with E-state index in [1.807, 2.05) is 13.0 Å². The molecule has 4 atom stereocenters. The van der Waals surface area contributed by atoms with Crippen LogP contribution in [0.4, 0.5) is 39.5 Å². The third-order valence-electron chi connectivity index (χ3n) is 12.9. The Balaban J connectivity index is 0.000000991. The van der Waals surface area contributed by atoms with Gasteiger partial charge in [0.25, 0.3) is 0 Å². The summed E-state index contributed by atoms with van der Waals surface area (Å²) in [6, 6.07) is 13.7. The van der Waals surface area contributed by atoms with Gasteiger partial charge in [-0.25, -0.2) is 0 Å². The van der Waals surface area contributed by atoms with Crippen molar-refractivity contribution in [2.75, 3.05) is 0 Å². The standard InChI is InChI=1S/C41H47F9P2.C5H10.Fe/c1-26-20-28(39(42,43)44)23-33(21-26)51(34-24-29(40(45,46)47)22-30(25-34)41(48,49)50)27(2)35-17-11-18-36(35)37-16-9-10-19-38(37)52(31-12-5-3-6-13-31)32-14-7-4-8-15-32;1-2-4-5-3-1;/h9-10,16,19-25,27,31-32,35-36H,3-8,11-15,17-18H2,1-2H3;1-5H2;/t27-,35?,36?,51-;;/m1../s1. The van der Waals surface area contributed by atoms with Crippen molar-refractivity contribution in [2.45, 2.75) is 171 Å².